The molecule has 0 N–H and O–H groups in total. The Balaban J connectivity index is 4.06. The summed E-state index contributed by atoms with van der Waals surface area (Å²) in [7, 11) is 0. The van der Waals surface area contributed by atoms with Gasteiger partial charge in [0.2, 0.25) is 0 Å². The molecule has 0 aromatic carbocycles. The van der Waals surface area contributed by atoms with Crippen molar-refractivity contribution >= 4 is 17.9 Å². The Hall–Kier alpha value is -3.41. The van der Waals surface area contributed by atoms with Crippen LogP contribution >= 0.6 is 0 Å². The summed E-state index contributed by atoms with van der Waals surface area (Å²) in [5.41, 5.74) is 0. The number of hydrogen-bond acceptors (Lipinski definition) is 6. The van der Waals surface area contributed by atoms with Crippen LogP contribution in [0.1, 0.15) is 367 Å². The molecule has 0 aliphatic heterocycles. The van der Waals surface area contributed by atoms with Crippen molar-refractivity contribution in [1.82, 2.24) is 0 Å². The lowest BCUT2D eigenvalue weighted by atomic mass is 10.0. The lowest BCUT2D eigenvalue weighted by molar-refractivity contribution is -0.167. The van der Waals surface area contributed by atoms with E-state index in [-0.39, 0.29) is 31.1 Å². The van der Waals surface area contributed by atoms with Crippen LogP contribution in [0.25, 0.3) is 0 Å². The van der Waals surface area contributed by atoms with E-state index in [9.17, 15) is 14.4 Å². The average molecular weight is 1160 g/mol. The third kappa shape index (κ3) is 69.3. The van der Waals surface area contributed by atoms with E-state index >= 15 is 0 Å². The fourth-order valence-electron chi connectivity index (χ4n) is 10.5. The molecule has 0 radical (unpaired) electrons. The van der Waals surface area contributed by atoms with E-state index in [4.69, 9.17) is 14.2 Å². The van der Waals surface area contributed by atoms with Crippen LogP contribution in [0.3, 0.4) is 0 Å². The first kappa shape index (κ1) is 79.6. The molecule has 0 rings (SSSR count). The van der Waals surface area contributed by atoms with Crippen molar-refractivity contribution in [3.8, 4) is 0 Å². The van der Waals surface area contributed by atoms with Crippen molar-refractivity contribution in [1.29, 1.82) is 0 Å². The number of unbranched alkanes of at least 4 members (excludes halogenated alkanes) is 41. The van der Waals surface area contributed by atoms with Crippen molar-refractivity contribution in [3.05, 3.63) is 85.1 Å². The Morgan fingerprint density at radius 2 is 0.470 bits per heavy atom. The van der Waals surface area contributed by atoms with Gasteiger partial charge in [0.15, 0.2) is 6.10 Å². The molecule has 6 heteroatoms. The van der Waals surface area contributed by atoms with E-state index in [1.807, 2.05) is 0 Å². The highest BCUT2D eigenvalue weighted by Gasteiger charge is 2.19. The first-order chi connectivity index (χ1) is 41.0. The van der Waals surface area contributed by atoms with Gasteiger partial charge in [0.1, 0.15) is 13.2 Å². The molecular formula is C77H136O6. The first-order valence-electron chi connectivity index (χ1n) is 36.1. The Morgan fingerprint density at radius 1 is 0.253 bits per heavy atom. The summed E-state index contributed by atoms with van der Waals surface area (Å²) in [4.78, 5) is 38.2. The topological polar surface area (TPSA) is 78.9 Å². The highest BCUT2D eigenvalue weighted by molar-refractivity contribution is 5.71. The van der Waals surface area contributed by atoms with Crippen LogP contribution in [0.2, 0.25) is 0 Å². The lowest BCUT2D eigenvalue weighted by Gasteiger charge is -2.18. The number of carbonyl (C=O) groups is 3. The minimum absolute atomic E-state index is 0.0737. The smallest absolute Gasteiger partial charge is 0.306 e. The van der Waals surface area contributed by atoms with Crippen LogP contribution in [-0.4, -0.2) is 37.2 Å². The van der Waals surface area contributed by atoms with Crippen molar-refractivity contribution in [2.24, 2.45) is 0 Å². The SMILES string of the molecule is CC/C=C\C/C=C\C/C=C\C/C=C\C/C=C\C/C=C\CCCCCCCCCCCCC(=O)OCC(COC(=O)CCCCCCCCC)OC(=O)CCCCCCCCCCCCCCCCCCC/C=C\CCCCCCCCCC. The van der Waals surface area contributed by atoms with E-state index in [1.54, 1.807) is 0 Å². The molecule has 0 aliphatic rings. The van der Waals surface area contributed by atoms with Crippen molar-refractivity contribution < 1.29 is 28.6 Å². The van der Waals surface area contributed by atoms with Crippen LogP contribution in [0.4, 0.5) is 0 Å². The summed E-state index contributed by atoms with van der Waals surface area (Å²) in [6.45, 7) is 6.53. The van der Waals surface area contributed by atoms with E-state index in [1.165, 1.54) is 231 Å². The molecule has 0 saturated carbocycles. The number of hydrogen-bond donors (Lipinski definition) is 0. The predicted molar refractivity (Wildman–Crippen MR) is 362 cm³/mol. The molecule has 1 atom stereocenters. The summed E-state index contributed by atoms with van der Waals surface area (Å²) in [6, 6.07) is 0. The molecule has 0 amide bonds. The van der Waals surface area contributed by atoms with Crippen LogP contribution in [0.5, 0.6) is 0 Å². The molecule has 83 heavy (non-hydrogen) atoms. The van der Waals surface area contributed by atoms with Crippen molar-refractivity contribution in [2.45, 2.75) is 374 Å². The summed E-state index contributed by atoms with van der Waals surface area (Å²) in [5.74, 6) is -0.867. The molecular weight excluding hydrogens is 1020 g/mol. The van der Waals surface area contributed by atoms with Gasteiger partial charge < -0.3 is 14.2 Å². The highest BCUT2D eigenvalue weighted by Crippen LogP contribution is 2.18. The summed E-state index contributed by atoms with van der Waals surface area (Å²) >= 11 is 0. The zero-order chi connectivity index (χ0) is 59.9. The molecule has 0 aromatic rings. The third-order valence-corrected chi connectivity index (χ3v) is 15.9. The normalized spacial score (nSPS) is 12.6. The molecule has 0 fully saturated rings. The summed E-state index contributed by atoms with van der Waals surface area (Å²) in [5, 5.41) is 0. The Morgan fingerprint density at radius 3 is 0.747 bits per heavy atom. The van der Waals surface area contributed by atoms with Gasteiger partial charge in [0.25, 0.3) is 0 Å². The van der Waals surface area contributed by atoms with Gasteiger partial charge in [-0.1, -0.05) is 337 Å². The lowest BCUT2D eigenvalue weighted by Crippen LogP contribution is -2.30. The van der Waals surface area contributed by atoms with Crippen molar-refractivity contribution in [3.63, 3.8) is 0 Å². The number of allylic oxidation sites excluding steroid dienone is 14. The minimum Gasteiger partial charge on any atom is -0.462 e. The molecule has 0 heterocycles. The second kappa shape index (κ2) is 71.1. The number of rotatable bonds is 66. The Kier molecular flexibility index (Phi) is 68.2. The predicted octanol–water partition coefficient (Wildman–Crippen LogP) is 25.0. The molecule has 0 spiro atoms. The third-order valence-electron chi connectivity index (χ3n) is 15.9. The Bertz CT molecular complexity index is 1570. The Labute approximate surface area is 515 Å². The maximum atomic E-state index is 12.9. The number of carbonyl (C=O) groups excluding carboxylic acids is 3. The van der Waals surface area contributed by atoms with Crippen LogP contribution in [0, 0.1) is 0 Å². The summed E-state index contributed by atoms with van der Waals surface area (Å²) in [6.07, 6.45) is 95.1. The number of ether oxygens (including phenoxy) is 3. The fourth-order valence-corrected chi connectivity index (χ4v) is 10.5. The van der Waals surface area contributed by atoms with Gasteiger partial charge in [-0.25, -0.2) is 0 Å². The van der Waals surface area contributed by atoms with Crippen LogP contribution in [0.15, 0.2) is 85.1 Å². The molecule has 0 saturated heterocycles. The van der Waals surface area contributed by atoms with Gasteiger partial charge >= 0.3 is 17.9 Å². The van der Waals surface area contributed by atoms with Crippen LogP contribution < -0.4 is 0 Å². The average Bonchev–Trinajstić information content (AvgIpc) is 3.49. The van der Waals surface area contributed by atoms with Gasteiger partial charge in [-0.3, -0.25) is 14.4 Å². The maximum Gasteiger partial charge on any atom is 0.306 e. The van der Waals surface area contributed by atoms with E-state index in [0.717, 1.165) is 96.3 Å². The molecule has 0 bridgehead atoms. The molecule has 0 aromatic heterocycles. The zero-order valence-electron chi connectivity index (χ0n) is 55.2. The second-order valence-electron chi connectivity index (χ2n) is 24.1. The zero-order valence-corrected chi connectivity index (χ0v) is 55.2. The van der Waals surface area contributed by atoms with Crippen molar-refractivity contribution in [2.75, 3.05) is 13.2 Å². The van der Waals surface area contributed by atoms with Gasteiger partial charge in [-0.15, -0.1) is 0 Å². The molecule has 1 unspecified atom stereocenters. The van der Waals surface area contributed by atoms with Gasteiger partial charge in [0.05, 0.1) is 0 Å². The van der Waals surface area contributed by atoms with E-state index in [0.29, 0.717) is 19.3 Å². The van der Waals surface area contributed by atoms with Crippen LogP contribution in [-0.2, 0) is 28.6 Å². The largest absolute Gasteiger partial charge is 0.462 e. The minimum atomic E-state index is -0.775. The number of esters is 3. The van der Waals surface area contributed by atoms with Gasteiger partial charge in [0, 0.05) is 19.3 Å². The standard InChI is InChI=1S/C77H136O6/c1-4-7-10-13-16-18-20-22-24-26-28-30-32-34-36-38-40-42-44-46-48-50-52-54-56-58-61-64-67-70-76(79)82-73-74(72-81-75(78)69-66-63-60-15-12-9-6-3)83-77(80)71-68-65-62-59-57-55-53-51-49-47-45-43-41-39-37-35-33-31-29-27-25-23-21-19-17-14-11-8-5-2/h7,10,16,18,22,24,27-30,34,36,40,42,74H,4-6,8-9,11-15,17,19-21,23,25-26,31-33,35,37-39,41,43-73H2,1-3H3/b10-7-,18-16-,24-22-,29-27-,30-28-,36-34-,42-40-. The van der Waals surface area contributed by atoms with E-state index in [2.05, 4.69) is 106 Å². The molecule has 480 valence electrons. The molecule has 0 aliphatic carbocycles. The summed E-state index contributed by atoms with van der Waals surface area (Å²) < 4.78 is 16.9. The van der Waals surface area contributed by atoms with E-state index < -0.39 is 6.10 Å². The monoisotopic (exact) mass is 1160 g/mol. The first-order valence-corrected chi connectivity index (χ1v) is 36.1. The highest BCUT2D eigenvalue weighted by atomic mass is 16.6. The maximum absolute atomic E-state index is 12.9. The quantitative estimate of drug-likeness (QED) is 0.0261. The molecule has 6 nitrogen and oxygen atoms in total. The second-order valence-corrected chi connectivity index (χ2v) is 24.1. The van der Waals surface area contributed by atoms with Gasteiger partial charge in [-0.05, 0) is 96.3 Å². The fraction of sp³-hybridized carbons (Fsp3) is 0.779. The van der Waals surface area contributed by atoms with Gasteiger partial charge in [-0.2, -0.15) is 0 Å².